The van der Waals surface area contributed by atoms with Crippen molar-refractivity contribution in [2.45, 2.75) is 30.8 Å². The Hall–Kier alpha value is -2.19. The number of aromatic nitrogens is 2. The van der Waals surface area contributed by atoms with Crippen LogP contribution in [0.2, 0.25) is 0 Å². The van der Waals surface area contributed by atoms with E-state index in [4.69, 9.17) is 4.74 Å². The number of nitrogens with one attached hydrogen (secondary N) is 1. The summed E-state index contributed by atoms with van der Waals surface area (Å²) in [5.41, 5.74) is 0.737. The molecule has 3 rings (SSSR count). The number of rotatable bonds is 5. The molecule has 1 aliphatic heterocycles. The molecule has 0 aliphatic carbocycles. The van der Waals surface area contributed by atoms with Crippen LogP contribution in [-0.2, 0) is 19.6 Å². The minimum Gasteiger partial charge on any atom is -0.377 e. The molecule has 0 spiro atoms. The first-order valence-corrected chi connectivity index (χ1v) is 9.28. The molecule has 0 saturated carbocycles. The highest BCUT2D eigenvalue weighted by Crippen LogP contribution is 2.24. The number of hydrogen-bond donors (Lipinski definition) is 1. The van der Waals surface area contributed by atoms with Crippen molar-refractivity contribution >= 4 is 15.9 Å². The molecule has 2 atom stereocenters. The van der Waals surface area contributed by atoms with Crippen LogP contribution in [-0.4, -0.2) is 36.8 Å². The molecule has 8 heteroatoms. The lowest BCUT2D eigenvalue weighted by molar-refractivity contribution is -0.124. The van der Waals surface area contributed by atoms with Crippen molar-refractivity contribution in [3.63, 3.8) is 0 Å². The van der Waals surface area contributed by atoms with Gasteiger partial charge in [0, 0.05) is 6.61 Å². The molecule has 2 heterocycles. The van der Waals surface area contributed by atoms with Gasteiger partial charge in [-0.2, -0.15) is 5.10 Å². The van der Waals surface area contributed by atoms with Gasteiger partial charge in [0.1, 0.15) is 4.90 Å². The standard InChI is InChI=1S/C16H19N3O4S/c1-2-15-14(8-9-23-15)16(20)18-24(21,22)13-10-17-19(11-13)12-6-4-3-5-7-12/h3-7,10-11,14-15H,2,8-9H2,1H3,(H,18,20)/t14-,15+/m1/s1. The number of amides is 1. The van der Waals surface area contributed by atoms with Crippen molar-refractivity contribution in [1.29, 1.82) is 0 Å². The number of benzene rings is 1. The number of ether oxygens (including phenoxy) is 1. The maximum Gasteiger partial charge on any atom is 0.267 e. The fraction of sp³-hybridized carbons (Fsp3) is 0.375. The van der Waals surface area contributed by atoms with Gasteiger partial charge in [0.05, 0.1) is 30.1 Å². The number of para-hydroxylation sites is 1. The van der Waals surface area contributed by atoms with E-state index in [0.717, 1.165) is 5.69 Å². The van der Waals surface area contributed by atoms with E-state index in [-0.39, 0.29) is 11.0 Å². The molecule has 7 nitrogen and oxygen atoms in total. The lowest BCUT2D eigenvalue weighted by atomic mass is 9.99. The van der Waals surface area contributed by atoms with E-state index in [1.807, 2.05) is 37.3 Å². The van der Waals surface area contributed by atoms with Crippen molar-refractivity contribution in [3.05, 3.63) is 42.7 Å². The van der Waals surface area contributed by atoms with E-state index in [1.54, 1.807) is 0 Å². The van der Waals surface area contributed by atoms with E-state index >= 15 is 0 Å². The van der Waals surface area contributed by atoms with E-state index in [0.29, 0.717) is 19.4 Å². The topological polar surface area (TPSA) is 90.3 Å². The van der Waals surface area contributed by atoms with Crippen molar-refractivity contribution in [2.75, 3.05) is 6.61 Å². The third kappa shape index (κ3) is 3.34. The Labute approximate surface area is 140 Å². The molecule has 1 amide bonds. The molecule has 0 unspecified atom stereocenters. The zero-order chi connectivity index (χ0) is 17.2. The molecule has 0 radical (unpaired) electrons. The summed E-state index contributed by atoms with van der Waals surface area (Å²) < 4.78 is 33.9. The molecule has 1 N–H and O–H groups in total. The van der Waals surface area contributed by atoms with Crippen LogP contribution in [0.25, 0.3) is 5.69 Å². The Morgan fingerprint density at radius 2 is 2.12 bits per heavy atom. The molecule has 1 aliphatic rings. The summed E-state index contributed by atoms with van der Waals surface area (Å²) in [7, 11) is -3.95. The lowest BCUT2D eigenvalue weighted by Crippen LogP contribution is -2.38. The predicted molar refractivity (Wildman–Crippen MR) is 87.0 cm³/mol. The van der Waals surface area contributed by atoms with E-state index < -0.39 is 21.8 Å². The van der Waals surface area contributed by atoms with Gasteiger partial charge in [0.15, 0.2) is 0 Å². The van der Waals surface area contributed by atoms with Crippen LogP contribution in [0.3, 0.4) is 0 Å². The molecule has 1 aromatic heterocycles. The van der Waals surface area contributed by atoms with Crippen molar-refractivity contribution < 1.29 is 17.9 Å². The molecule has 24 heavy (non-hydrogen) atoms. The molecule has 1 fully saturated rings. The van der Waals surface area contributed by atoms with E-state index in [2.05, 4.69) is 9.82 Å². The minimum atomic E-state index is -3.95. The number of nitrogens with zero attached hydrogens (tertiary/aromatic N) is 2. The molecule has 128 valence electrons. The second-order valence-corrected chi connectivity index (χ2v) is 7.32. The van der Waals surface area contributed by atoms with Crippen LogP contribution < -0.4 is 4.72 Å². The molecule has 1 saturated heterocycles. The second kappa shape index (κ2) is 6.74. The smallest absolute Gasteiger partial charge is 0.267 e. The van der Waals surface area contributed by atoms with Crippen molar-refractivity contribution in [2.24, 2.45) is 5.92 Å². The van der Waals surface area contributed by atoms with Crippen molar-refractivity contribution in [3.8, 4) is 5.69 Å². The summed E-state index contributed by atoms with van der Waals surface area (Å²) in [4.78, 5) is 12.2. The number of carbonyl (C=O) groups excluding carboxylic acids is 1. The molecule has 2 aromatic rings. The summed E-state index contributed by atoms with van der Waals surface area (Å²) in [5, 5.41) is 4.05. The summed E-state index contributed by atoms with van der Waals surface area (Å²) in [6.07, 6.45) is 3.58. The highest BCUT2D eigenvalue weighted by Gasteiger charge is 2.35. The SMILES string of the molecule is CC[C@@H]1OCC[C@H]1C(=O)NS(=O)(=O)c1cnn(-c2ccccc2)c1. The first kappa shape index (κ1) is 16.7. The number of hydrogen-bond acceptors (Lipinski definition) is 5. The Morgan fingerprint density at radius 3 is 2.83 bits per heavy atom. The highest BCUT2D eigenvalue weighted by molar-refractivity contribution is 7.90. The maximum atomic E-state index is 12.4. The van der Waals surface area contributed by atoms with Crippen LogP contribution in [0, 0.1) is 5.92 Å². The van der Waals surface area contributed by atoms with Gasteiger partial charge in [-0.05, 0) is 25.0 Å². The maximum absolute atomic E-state index is 12.4. The predicted octanol–water partition coefficient (Wildman–Crippen LogP) is 1.49. The van der Waals surface area contributed by atoms with Crippen molar-refractivity contribution in [1.82, 2.24) is 14.5 Å². The van der Waals surface area contributed by atoms with Gasteiger partial charge >= 0.3 is 0 Å². The normalized spacial score (nSPS) is 20.9. The summed E-state index contributed by atoms with van der Waals surface area (Å²) in [6, 6.07) is 9.14. The quantitative estimate of drug-likeness (QED) is 0.883. The average molecular weight is 349 g/mol. The van der Waals surface area contributed by atoms with Gasteiger partial charge in [-0.1, -0.05) is 25.1 Å². The molecule has 0 bridgehead atoms. The van der Waals surface area contributed by atoms with E-state index in [9.17, 15) is 13.2 Å². The zero-order valence-corrected chi connectivity index (χ0v) is 14.1. The fourth-order valence-electron chi connectivity index (χ4n) is 2.78. The van der Waals surface area contributed by atoms with Crippen LogP contribution in [0.5, 0.6) is 0 Å². The number of carbonyl (C=O) groups is 1. The summed E-state index contributed by atoms with van der Waals surface area (Å²) >= 11 is 0. The van der Waals surface area contributed by atoms with Crippen LogP contribution in [0.15, 0.2) is 47.6 Å². The van der Waals surface area contributed by atoms with Gasteiger partial charge in [0.25, 0.3) is 10.0 Å². The Balaban J connectivity index is 1.76. The zero-order valence-electron chi connectivity index (χ0n) is 13.3. The highest BCUT2D eigenvalue weighted by atomic mass is 32.2. The Kier molecular flexibility index (Phi) is 4.68. The first-order chi connectivity index (χ1) is 11.5. The monoisotopic (exact) mass is 349 g/mol. The molecular weight excluding hydrogens is 330 g/mol. The van der Waals surface area contributed by atoms with Crippen LogP contribution >= 0.6 is 0 Å². The largest absolute Gasteiger partial charge is 0.377 e. The van der Waals surface area contributed by atoms with Crippen LogP contribution in [0.1, 0.15) is 19.8 Å². The second-order valence-electron chi connectivity index (χ2n) is 5.64. The summed E-state index contributed by atoms with van der Waals surface area (Å²) in [6.45, 7) is 2.39. The lowest BCUT2D eigenvalue weighted by Gasteiger charge is -2.15. The van der Waals surface area contributed by atoms with Gasteiger partial charge in [-0.15, -0.1) is 0 Å². The van der Waals surface area contributed by atoms with Crippen LogP contribution in [0.4, 0.5) is 0 Å². The first-order valence-electron chi connectivity index (χ1n) is 7.79. The van der Waals surface area contributed by atoms with Gasteiger partial charge < -0.3 is 4.74 Å². The Bertz CT molecular complexity index is 817. The van der Waals surface area contributed by atoms with E-state index in [1.165, 1.54) is 17.1 Å². The van der Waals surface area contributed by atoms with Gasteiger partial charge in [0.2, 0.25) is 5.91 Å². The molecular formula is C16H19N3O4S. The average Bonchev–Trinajstić information content (AvgIpc) is 3.24. The molecule has 1 aromatic carbocycles. The van der Waals surface area contributed by atoms with Gasteiger partial charge in [-0.25, -0.2) is 17.8 Å². The van der Waals surface area contributed by atoms with Gasteiger partial charge in [-0.3, -0.25) is 4.79 Å². The third-order valence-electron chi connectivity index (χ3n) is 4.07. The minimum absolute atomic E-state index is 0.0494. The fourth-order valence-corrected chi connectivity index (χ4v) is 3.74. The Morgan fingerprint density at radius 1 is 1.38 bits per heavy atom. The number of sulfonamides is 1. The summed E-state index contributed by atoms with van der Waals surface area (Å²) in [5.74, 6) is -0.958. The third-order valence-corrected chi connectivity index (χ3v) is 5.37.